The molecule has 4 aliphatic rings. The highest BCUT2D eigenvalue weighted by Gasteiger charge is 2.56. The summed E-state index contributed by atoms with van der Waals surface area (Å²) in [6.07, 6.45) is 4.72. The van der Waals surface area contributed by atoms with Crippen molar-refractivity contribution in [1.82, 2.24) is 4.90 Å². The van der Waals surface area contributed by atoms with Crippen molar-refractivity contribution < 1.29 is 24.3 Å². The molecule has 36 heavy (non-hydrogen) atoms. The summed E-state index contributed by atoms with van der Waals surface area (Å²) >= 11 is 3.26. The molecule has 0 radical (unpaired) electrons. The molecule has 1 saturated heterocycles. The number of phenols is 1. The highest BCUT2D eigenvalue weighted by atomic mass is 79.9. The van der Waals surface area contributed by atoms with Gasteiger partial charge in [0.25, 0.3) is 0 Å². The van der Waals surface area contributed by atoms with Gasteiger partial charge in [0.1, 0.15) is 5.75 Å². The third kappa shape index (κ3) is 3.15. The molecule has 7 heteroatoms. The molecular formula is C29H24BrNO5. The van der Waals surface area contributed by atoms with Gasteiger partial charge in [-0.15, -0.1) is 0 Å². The number of carbonyl (C=O) groups excluding carboxylic acids is 4. The molecule has 1 aliphatic heterocycles. The Morgan fingerprint density at radius 1 is 1.00 bits per heavy atom. The van der Waals surface area contributed by atoms with E-state index in [-0.39, 0.29) is 46.0 Å². The number of aromatic hydroxyl groups is 1. The van der Waals surface area contributed by atoms with Crippen LogP contribution >= 0.6 is 15.9 Å². The van der Waals surface area contributed by atoms with Crippen molar-refractivity contribution in [2.75, 3.05) is 6.54 Å². The van der Waals surface area contributed by atoms with E-state index in [0.29, 0.717) is 35.9 Å². The second-order valence-electron chi connectivity index (χ2n) is 9.94. The number of rotatable bonds is 3. The summed E-state index contributed by atoms with van der Waals surface area (Å²) in [7, 11) is 0. The lowest BCUT2D eigenvalue weighted by atomic mass is 9.59. The van der Waals surface area contributed by atoms with Crippen LogP contribution in [0.3, 0.4) is 0 Å². The van der Waals surface area contributed by atoms with E-state index >= 15 is 0 Å². The summed E-state index contributed by atoms with van der Waals surface area (Å²) in [5.41, 5.74) is 2.56. The molecule has 0 aromatic heterocycles. The molecule has 2 aromatic rings. The van der Waals surface area contributed by atoms with Crippen LogP contribution in [-0.2, 0) is 19.2 Å². The van der Waals surface area contributed by atoms with Crippen LogP contribution in [0.15, 0.2) is 69.8 Å². The van der Waals surface area contributed by atoms with E-state index in [0.717, 1.165) is 16.5 Å². The van der Waals surface area contributed by atoms with Crippen molar-refractivity contribution in [3.05, 3.63) is 75.3 Å². The predicted molar refractivity (Wildman–Crippen MR) is 137 cm³/mol. The van der Waals surface area contributed by atoms with Crippen LogP contribution in [0.5, 0.6) is 5.75 Å². The van der Waals surface area contributed by atoms with Gasteiger partial charge in [-0.2, -0.15) is 0 Å². The van der Waals surface area contributed by atoms with E-state index in [1.54, 1.807) is 12.1 Å². The molecule has 6 nitrogen and oxygen atoms in total. The SMILES string of the molecule is CCCN1C(=O)C2CC=C3C(c4ccc(O)c5ccccc45)C4=C(CC3C2C1=O)C(=O)C(Br)=CC4=O. The molecule has 1 N–H and O–H groups in total. The number of halogens is 1. The van der Waals surface area contributed by atoms with Crippen LogP contribution in [0.4, 0.5) is 0 Å². The van der Waals surface area contributed by atoms with Crippen LogP contribution in [-0.4, -0.2) is 39.9 Å². The van der Waals surface area contributed by atoms with Crippen molar-refractivity contribution in [2.24, 2.45) is 17.8 Å². The molecule has 0 spiro atoms. The van der Waals surface area contributed by atoms with Crippen molar-refractivity contribution in [2.45, 2.75) is 32.1 Å². The maximum Gasteiger partial charge on any atom is 0.233 e. The summed E-state index contributed by atoms with van der Waals surface area (Å²) in [4.78, 5) is 54.8. The van der Waals surface area contributed by atoms with Crippen LogP contribution in [0.25, 0.3) is 10.8 Å². The quantitative estimate of drug-likeness (QED) is 0.342. The highest BCUT2D eigenvalue weighted by Crippen LogP contribution is 2.56. The number of phenolic OH excluding ortho intramolecular Hbond substituents is 1. The number of ketones is 2. The van der Waals surface area contributed by atoms with Crippen molar-refractivity contribution in [3.63, 3.8) is 0 Å². The molecule has 3 aliphatic carbocycles. The number of likely N-dealkylation sites (tertiary alicyclic amines) is 1. The molecule has 6 rings (SSSR count). The Hall–Kier alpha value is -3.32. The third-order valence-electron chi connectivity index (χ3n) is 8.12. The van der Waals surface area contributed by atoms with Gasteiger partial charge in [0, 0.05) is 35.1 Å². The predicted octanol–water partition coefficient (Wildman–Crippen LogP) is 4.72. The number of nitrogens with zero attached hydrogens (tertiary/aromatic N) is 1. The number of fused-ring (bicyclic) bond motifs is 4. The molecular weight excluding hydrogens is 522 g/mol. The zero-order chi connectivity index (χ0) is 25.3. The smallest absolute Gasteiger partial charge is 0.233 e. The van der Waals surface area contributed by atoms with Crippen molar-refractivity contribution >= 4 is 50.1 Å². The van der Waals surface area contributed by atoms with E-state index < -0.39 is 17.8 Å². The molecule has 0 bridgehead atoms. The molecule has 4 atom stereocenters. The standard InChI is InChI=1S/C29H24BrNO5/c1-2-11-31-28(35)18-8-7-17-19(25(18)29(31)36)12-20-26(23(33)13-21(30)27(20)34)24(17)16-9-10-22(32)15-6-4-3-5-14(15)16/h3-7,9-10,13,18-19,24-25,32H,2,8,11-12H2,1H3. The monoisotopic (exact) mass is 545 g/mol. The zero-order valence-corrected chi connectivity index (χ0v) is 21.2. The second-order valence-corrected chi connectivity index (χ2v) is 10.8. The van der Waals surface area contributed by atoms with Gasteiger partial charge in [0.2, 0.25) is 11.8 Å². The summed E-state index contributed by atoms with van der Waals surface area (Å²) in [5, 5.41) is 11.9. The van der Waals surface area contributed by atoms with Gasteiger partial charge >= 0.3 is 0 Å². The van der Waals surface area contributed by atoms with Gasteiger partial charge in [-0.3, -0.25) is 24.1 Å². The van der Waals surface area contributed by atoms with Gasteiger partial charge in [-0.25, -0.2) is 0 Å². The zero-order valence-electron chi connectivity index (χ0n) is 19.7. The Bertz CT molecular complexity index is 1480. The maximum absolute atomic E-state index is 13.5. The molecule has 0 saturated carbocycles. The Labute approximate surface area is 216 Å². The fourth-order valence-electron chi connectivity index (χ4n) is 6.63. The van der Waals surface area contributed by atoms with Crippen LogP contribution in [0.2, 0.25) is 0 Å². The number of carbonyl (C=O) groups is 4. The topological polar surface area (TPSA) is 91.8 Å². The van der Waals surface area contributed by atoms with Crippen molar-refractivity contribution in [1.29, 1.82) is 0 Å². The lowest BCUT2D eigenvalue weighted by Gasteiger charge is -2.42. The fourth-order valence-corrected chi connectivity index (χ4v) is 7.08. The number of amides is 2. The number of Topliss-reactive ketones (excluding diaryl/α,β-unsaturated/α-hetero) is 1. The van der Waals surface area contributed by atoms with E-state index in [9.17, 15) is 24.3 Å². The summed E-state index contributed by atoms with van der Waals surface area (Å²) in [6, 6.07) is 10.8. The highest BCUT2D eigenvalue weighted by molar-refractivity contribution is 9.12. The molecule has 2 amide bonds. The Morgan fingerprint density at radius 2 is 1.75 bits per heavy atom. The second kappa shape index (κ2) is 8.37. The fraction of sp³-hybridized carbons (Fsp3) is 0.310. The Morgan fingerprint density at radius 3 is 2.50 bits per heavy atom. The van der Waals surface area contributed by atoms with Crippen LogP contribution in [0.1, 0.15) is 37.7 Å². The van der Waals surface area contributed by atoms with Gasteiger partial charge in [0.15, 0.2) is 11.6 Å². The minimum Gasteiger partial charge on any atom is -0.507 e. The number of hydrogen-bond donors (Lipinski definition) is 1. The van der Waals surface area contributed by atoms with E-state index in [4.69, 9.17) is 0 Å². The largest absolute Gasteiger partial charge is 0.507 e. The van der Waals surface area contributed by atoms with Crippen LogP contribution < -0.4 is 0 Å². The number of imide groups is 1. The summed E-state index contributed by atoms with van der Waals surface area (Å²) < 4.78 is 0.210. The van der Waals surface area contributed by atoms with E-state index in [2.05, 4.69) is 15.9 Å². The number of allylic oxidation sites excluding steroid dienone is 6. The molecule has 4 unspecified atom stereocenters. The normalized spacial score (nSPS) is 27.7. The first-order valence-corrected chi connectivity index (χ1v) is 13.1. The first kappa shape index (κ1) is 23.1. The van der Waals surface area contributed by atoms with Gasteiger partial charge in [0.05, 0.1) is 16.3 Å². The number of hydrogen-bond acceptors (Lipinski definition) is 5. The first-order valence-electron chi connectivity index (χ1n) is 12.3. The van der Waals surface area contributed by atoms with E-state index in [1.807, 2.05) is 37.3 Å². The third-order valence-corrected chi connectivity index (χ3v) is 8.70. The average molecular weight is 546 g/mol. The van der Waals surface area contributed by atoms with Crippen LogP contribution in [0, 0.1) is 17.8 Å². The van der Waals surface area contributed by atoms with E-state index in [1.165, 1.54) is 11.0 Å². The average Bonchev–Trinajstić information content (AvgIpc) is 3.12. The molecule has 182 valence electrons. The minimum absolute atomic E-state index is 0.133. The molecule has 1 heterocycles. The lowest BCUT2D eigenvalue weighted by Crippen LogP contribution is -2.39. The summed E-state index contributed by atoms with van der Waals surface area (Å²) in [5.74, 6) is -2.54. The summed E-state index contributed by atoms with van der Waals surface area (Å²) in [6.45, 7) is 2.32. The molecule has 1 fully saturated rings. The lowest BCUT2D eigenvalue weighted by molar-refractivity contribution is -0.140. The first-order chi connectivity index (χ1) is 17.3. The molecule has 2 aromatic carbocycles. The number of benzene rings is 2. The maximum atomic E-state index is 13.5. The Balaban J connectivity index is 1.58. The van der Waals surface area contributed by atoms with Crippen molar-refractivity contribution in [3.8, 4) is 5.75 Å². The Kier molecular flexibility index (Phi) is 5.37. The minimum atomic E-state index is -0.545. The van der Waals surface area contributed by atoms with Gasteiger partial charge < -0.3 is 5.11 Å². The van der Waals surface area contributed by atoms with Gasteiger partial charge in [-0.1, -0.05) is 48.9 Å². The van der Waals surface area contributed by atoms with Gasteiger partial charge in [-0.05, 0) is 58.1 Å².